The standard InChI is InChI=1S/C20H23N/c1-5-15(2)14-20(18-12-10-16(3)11-13-18)21-19-9-7-6-8-17(19)4/h6-14H,5H2,1-4H3/b15-14+,21-20?. The number of para-hydroxylation sites is 1. The van der Waals surface area contributed by atoms with Crippen LogP contribution in [-0.2, 0) is 0 Å². The van der Waals surface area contributed by atoms with Crippen LogP contribution in [0.4, 0.5) is 5.69 Å². The van der Waals surface area contributed by atoms with Crippen LogP contribution in [0, 0.1) is 13.8 Å². The molecule has 1 heteroatoms. The van der Waals surface area contributed by atoms with Crippen molar-refractivity contribution in [2.45, 2.75) is 34.1 Å². The zero-order chi connectivity index (χ0) is 15.2. The van der Waals surface area contributed by atoms with E-state index in [4.69, 9.17) is 4.99 Å². The molecule has 1 nitrogen and oxygen atoms in total. The second kappa shape index (κ2) is 7.03. The Kier molecular flexibility index (Phi) is 5.10. The molecule has 0 atom stereocenters. The van der Waals surface area contributed by atoms with Crippen molar-refractivity contribution in [3.05, 3.63) is 76.9 Å². The summed E-state index contributed by atoms with van der Waals surface area (Å²) in [6.45, 7) is 8.53. The molecule has 108 valence electrons. The molecular formula is C20H23N. The predicted octanol–water partition coefficient (Wildman–Crippen LogP) is 5.78. The van der Waals surface area contributed by atoms with Gasteiger partial charge >= 0.3 is 0 Å². The van der Waals surface area contributed by atoms with E-state index in [9.17, 15) is 0 Å². The van der Waals surface area contributed by atoms with E-state index in [1.807, 2.05) is 12.1 Å². The highest BCUT2D eigenvalue weighted by atomic mass is 14.7. The van der Waals surface area contributed by atoms with E-state index >= 15 is 0 Å². The largest absolute Gasteiger partial charge is 0.248 e. The number of aryl methyl sites for hydroxylation is 2. The summed E-state index contributed by atoms with van der Waals surface area (Å²) >= 11 is 0. The van der Waals surface area contributed by atoms with Crippen LogP contribution < -0.4 is 0 Å². The topological polar surface area (TPSA) is 12.4 Å². The van der Waals surface area contributed by atoms with E-state index in [-0.39, 0.29) is 0 Å². The summed E-state index contributed by atoms with van der Waals surface area (Å²) in [5.41, 5.74) is 7.03. The zero-order valence-electron chi connectivity index (χ0n) is 13.4. The van der Waals surface area contributed by atoms with Crippen molar-refractivity contribution in [1.82, 2.24) is 0 Å². The lowest BCUT2D eigenvalue weighted by Gasteiger charge is -2.07. The summed E-state index contributed by atoms with van der Waals surface area (Å²) in [5.74, 6) is 0. The van der Waals surface area contributed by atoms with E-state index in [0.717, 1.165) is 23.4 Å². The molecule has 0 aliphatic heterocycles. The average Bonchev–Trinajstić information content (AvgIpc) is 2.49. The first kappa shape index (κ1) is 15.2. The lowest BCUT2D eigenvalue weighted by atomic mass is 10.0. The van der Waals surface area contributed by atoms with Gasteiger partial charge in [0.05, 0.1) is 11.4 Å². The Morgan fingerprint density at radius 2 is 1.67 bits per heavy atom. The third kappa shape index (κ3) is 4.16. The fourth-order valence-electron chi connectivity index (χ4n) is 2.06. The van der Waals surface area contributed by atoms with E-state index in [0.29, 0.717) is 0 Å². The molecule has 0 spiro atoms. The van der Waals surface area contributed by atoms with Crippen molar-refractivity contribution in [1.29, 1.82) is 0 Å². The van der Waals surface area contributed by atoms with Crippen molar-refractivity contribution in [3.63, 3.8) is 0 Å². The van der Waals surface area contributed by atoms with Gasteiger partial charge in [0.25, 0.3) is 0 Å². The Hall–Kier alpha value is -2.15. The Morgan fingerprint density at radius 1 is 1.00 bits per heavy atom. The van der Waals surface area contributed by atoms with Crippen molar-refractivity contribution >= 4 is 11.4 Å². The Labute approximate surface area is 128 Å². The fourth-order valence-corrected chi connectivity index (χ4v) is 2.06. The number of nitrogens with zero attached hydrogens (tertiary/aromatic N) is 1. The molecule has 0 unspecified atom stereocenters. The predicted molar refractivity (Wildman–Crippen MR) is 92.6 cm³/mol. The lowest BCUT2D eigenvalue weighted by molar-refractivity contribution is 1.10. The molecule has 0 bridgehead atoms. The third-order valence-electron chi connectivity index (χ3n) is 3.64. The molecule has 0 saturated carbocycles. The van der Waals surface area contributed by atoms with Gasteiger partial charge in [0, 0.05) is 5.56 Å². The highest BCUT2D eigenvalue weighted by Crippen LogP contribution is 2.20. The highest BCUT2D eigenvalue weighted by Gasteiger charge is 2.03. The molecule has 0 N–H and O–H groups in total. The maximum atomic E-state index is 4.89. The molecule has 0 heterocycles. The molecule has 0 amide bonds. The van der Waals surface area contributed by atoms with Gasteiger partial charge in [-0.05, 0) is 44.9 Å². The summed E-state index contributed by atoms with van der Waals surface area (Å²) in [6, 6.07) is 16.8. The van der Waals surface area contributed by atoms with Crippen LogP contribution in [-0.4, -0.2) is 5.71 Å². The summed E-state index contributed by atoms with van der Waals surface area (Å²) in [6.07, 6.45) is 3.23. The zero-order valence-corrected chi connectivity index (χ0v) is 13.4. The number of hydrogen-bond acceptors (Lipinski definition) is 1. The van der Waals surface area contributed by atoms with E-state index in [2.05, 4.69) is 70.2 Å². The molecule has 0 aliphatic carbocycles. The molecule has 2 aromatic carbocycles. The number of benzene rings is 2. The van der Waals surface area contributed by atoms with Crippen molar-refractivity contribution in [2.75, 3.05) is 0 Å². The minimum Gasteiger partial charge on any atom is -0.248 e. The number of hydrogen-bond donors (Lipinski definition) is 0. The van der Waals surface area contributed by atoms with E-state index in [1.54, 1.807) is 0 Å². The molecule has 0 aliphatic rings. The Morgan fingerprint density at radius 3 is 2.29 bits per heavy atom. The third-order valence-corrected chi connectivity index (χ3v) is 3.64. The Bertz CT molecular complexity index is 660. The van der Waals surface area contributed by atoms with Gasteiger partial charge in [-0.1, -0.05) is 60.5 Å². The number of aliphatic imine (C=N–C) groups is 1. The minimum absolute atomic E-state index is 1.03. The number of rotatable bonds is 4. The van der Waals surface area contributed by atoms with Crippen LogP contribution in [0.2, 0.25) is 0 Å². The van der Waals surface area contributed by atoms with Crippen molar-refractivity contribution in [2.24, 2.45) is 4.99 Å². The van der Waals surface area contributed by atoms with E-state index < -0.39 is 0 Å². The molecule has 2 aromatic rings. The van der Waals surface area contributed by atoms with Gasteiger partial charge in [0.1, 0.15) is 0 Å². The summed E-state index contributed by atoms with van der Waals surface area (Å²) in [4.78, 5) is 4.89. The first-order chi connectivity index (χ1) is 10.1. The SMILES string of the molecule is CC/C(C)=C/C(=Nc1ccccc1C)c1ccc(C)cc1. The maximum Gasteiger partial charge on any atom is 0.0708 e. The molecule has 0 saturated heterocycles. The molecule has 0 radical (unpaired) electrons. The van der Waals surface area contributed by atoms with Gasteiger partial charge in [-0.25, -0.2) is 4.99 Å². The van der Waals surface area contributed by atoms with Crippen molar-refractivity contribution in [3.8, 4) is 0 Å². The molecule has 21 heavy (non-hydrogen) atoms. The molecular weight excluding hydrogens is 254 g/mol. The first-order valence-electron chi connectivity index (χ1n) is 7.48. The van der Waals surface area contributed by atoms with Gasteiger partial charge in [0.15, 0.2) is 0 Å². The molecule has 0 fully saturated rings. The second-order valence-corrected chi connectivity index (χ2v) is 5.49. The van der Waals surface area contributed by atoms with Gasteiger partial charge in [0.2, 0.25) is 0 Å². The molecule has 0 aromatic heterocycles. The van der Waals surface area contributed by atoms with Gasteiger partial charge in [-0.15, -0.1) is 0 Å². The van der Waals surface area contributed by atoms with Crippen LogP contribution in [0.25, 0.3) is 0 Å². The minimum atomic E-state index is 1.03. The van der Waals surface area contributed by atoms with Crippen LogP contribution in [0.3, 0.4) is 0 Å². The molecule has 2 rings (SSSR count). The van der Waals surface area contributed by atoms with Gasteiger partial charge in [-0.2, -0.15) is 0 Å². The van der Waals surface area contributed by atoms with Gasteiger partial charge < -0.3 is 0 Å². The normalized spacial score (nSPS) is 12.6. The fraction of sp³-hybridized carbons (Fsp3) is 0.250. The first-order valence-corrected chi connectivity index (χ1v) is 7.48. The van der Waals surface area contributed by atoms with Crippen LogP contribution in [0.15, 0.2) is 65.2 Å². The lowest BCUT2D eigenvalue weighted by Crippen LogP contribution is -1.98. The van der Waals surface area contributed by atoms with E-state index in [1.165, 1.54) is 16.7 Å². The van der Waals surface area contributed by atoms with Crippen LogP contribution in [0.5, 0.6) is 0 Å². The monoisotopic (exact) mass is 277 g/mol. The number of allylic oxidation sites excluding steroid dienone is 2. The van der Waals surface area contributed by atoms with Crippen LogP contribution in [0.1, 0.15) is 37.0 Å². The highest BCUT2D eigenvalue weighted by molar-refractivity contribution is 6.10. The van der Waals surface area contributed by atoms with Gasteiger partial charge in [-0.3, -0.25) is 0 Å². The summed E-state index contributed by atoms with van der Waals surface area (Å²) in [5, 5.41) is 0. The van der Waals surface area contributed by atoms with Crippen LogP contribution >= 0.6 is 0 Å². The maximum absolute atomic E-state index is 4.89. The summed E-state index contributed by atoms with van der Waals surface area (Å²) < 4.78 is 0. The van der Waals surface area contributed by atoms with Crippen molar-refractivity contribution < 1.29 is 0 Å². The quantitative estimate of drug-likeness (QED) is 0.628. The summed E-state index contributed by atoms with van der Waals surface area (Å²) in [7, 11) is 0. The average molecular weight is 277 g/mol. The Balaban J connectivity index is 2.51. The second-order valence-electron chi connectivity index (χ2n) is 5.49. The smallest absolute Gasteiger partial charge is 0.0708 e.